The molecule has 2 N–H and O–H groups in total. The number of fused-ring (bicyclic) bond motifs is 1. The van der Waals surface area contributed by atoms with Crippen LogP contribution < -0.4 is 15.6 Å². The van der Waals surface area contributed by atoms with Crippen molar-refractivity contribution in [1.29, 1.82) is 0 Å². The van der Waals surface area contributed by atoms with Crippen molar-refractivity contribution in [2.24, 2.45) is 0 Å². The van der Waals surface area contributed by atoms with Gasteiger partial charge in [-0.3, -0.25) is 20.4 Å². The van der Waals surface area contributed by atoms with Crippen LogP contribution in [-0.2, 0) is 20.7 Å². The molecule has 7 heteroatoms. The first-order valence-electron chi connectivity index (χ1n) is 9.76. The summed E-state index contributed by atoms with van der Waals surface area (Å²) in [6.45, 7) is -0.294. The van der Waals surface area contributed by atoms with Gasteiger partial charge in [0.25, 0.3) is 11.8 Å². The fourth-order valence-electron chi connectivity index (χ4n) is 3.32. The lowest BCUT2D eigenvalue weighted by molar-refractivity contribution is -0.135. The summed E-state index contributed by atoms with van der Waals surface area (Å²) in [5, 5.41) is 0. The highest BCUT2D eigenvalue weighted by molar-refractivity contribution is 5.96. The minimum absolute atomic E-state index is 0.241. The van der Waals surface area contributed by atoms with Gasteiger partial charge in [-0.2, -0.15) is 0 Å². The molecule has 3 aromatic carbocycles. The van der Waals surface area contributed by atoms with E-state index in [0.29, 0.717) is 11.3 Å². The SMILES string of the molecule is O=C(COc1ccccc1-c1ccccc1)NNC(=O)C1Cc2ccccc2C(=O)O1. The van der Waals surface area contributed by atoms with Gasteiger partial charge in [0.2, 0.25) is 0 Å². The predicted octanol–water partition coefficient (Wildman–Crippen LogP) is 2.66. The average molecular weight is 416 g/mol. The number of hydrogen-bond acceptors (Lipinski definition) is 5. The van der Waals surface area contributed by atoms with Gasteiger partial charge in [0.15, 0.2) is 12.7 Å². The molecule has 7 nitrogen and oxygen atoms in total. The highest BCUT2D eigenvalue weighted by atomic mass is 16.5. The van der Waals surface area contributed by atoms with Crippen molar-refractivity contribution >= 4 is 17.8 Å². The van der Waals surface area contributed by atoms with E-state index in [1.807, 2.05) is 48.5 Å². The third-order valence-corrected chi connectivity index (χ3v) is 4.84. The number of rotatable bonds is 5. The number of carbonyl (C=O) groups excluding carboxylic acids is 3. The first-order valence-corrected chi connectivity index (χ1v) is 9.76. The molecule has 1 aliphatic rings. The minimum atomic E-state index is -1.01. The molecule has 2 amide bonds. The summed E-state index contributed by atoms with van der Waals surface area (Å²) >= 11 is 0. The second-order valence-electron chi connectivity index (χ2n) is 6.94. The van der Waals surface area contributed by atoms with Crippen molar-refractivity contribution in [2.75, 3.05) is 6.61 Å². The Morgan fingerprint density at radius 3 is 2.35 bits per heavy atom. The normalized spacial score (nSPS) is 14.7. The smallest absolute Gasteiger partial charge is 0.339 e. The van der Waals surface area contributed by atoms with E-state index in [2.05, 4.69) is 10.9 Å². The zero-order chi connectivity index (χ0) is 21.6. The fraction of sp³-hybridized carbons (Fsp3) is 0.125. The monoisotopic (exact) mass is 416 g/mol. The van der Waals surface area contributed by atoms with E-state index >= 15 is 0 Å². The molecule has 0 aliphatic carbocycles. The number of esters is 1. The summed E-state index contributed by atoms with van der Waals surface area (Å²) in [6.07, 6.45) is -0.771. The summed E-state index contributed by atoms with van der Waals surface area (Å²) in [4.78, 5) is 36.5. The molecule has 0 radical (unpaired) electrons. The summed E-state index contributed by atoms with van der Waals surface area (Å²) in [7, 11) is 0. The summed E-state index contributed by atoms with van der Waals surface area (Å²) in [6, 6.07) is 24.0. The standard InChI is InChI=1S/C24H20N2O5/c27-22(15-30-20-13-7-6-11-18(20)16-8-2-1-3-9-16)25-26-23(28)21-14-17-10-4-5-12-19(17)24(29)31-21/h1-13,21H,14-15H2,(H,25,27)(H,26,28). The Labute approximate surface area is 179 Å². The largest absolute Gasteiger partial charge is 0.483 e. The van der Waals surface area contributed by atoms with E-state index in [-0.39, 0.29) is 13.0 Å². The van der Waals surface area contributed by atoms with E-state index in [1.165, 1.54) is 0 Å². The van der Waals surface area contributed by atoms with Crippen molar-refractivity contribution in [2.45, 2.75) is 12.5 Å². The van der Waals surface area contributed by atoms with Crippen LogP contribution in [-0.4, -0.2) is 30.5 Å². The van der Waals surface area contributed by atoms with Gasteiger partial charge in [-0.25, -0.2) is 4.79 Å². The molecular weight excluding hydrogens is 396 g/mol. The van der Waals surface area contributed by atoms with Gasteiger partial charge in [0, 0.05) is 12.0 Å². The van der Waals surface area contributed by atoms with Crippen LogP contribution in [0.4, 0.5) is 0 Å². The van der Waals surface area contributed by atoms with Crippen molar-refractivity contribution in [1.82, 2.24) is 10.9 Å². The Kier molecular flexibility index (Phi) is 5.93. The molecule has 3 aromatic rings. The number of amides is 2. The van der Waals surface area contributed by atoms with E-state index in [1.54, 1.807) is 30.3 Å². The number of carbonyl (C=O) groups is 3. The highest BCUT2D eigenvalue weighted by Crippen LogP contribution is 2.29. The van der Waals surface area contributed by atoms with E-state index < -0.39 is 23.9 Å². The predicted molar refractivity (Wildman–Crippen MR) is 113 cm³/mol. The minimum Gasteiger partial charge on any atom is -0.483 e. The van der Waals surface area contributed by atoms with Gasteiger partial charge >= 0.3 is 5.97 Å². The zero-order valence-electron chi connectivity index (χ0n) is 16.5. The van der Waals surface area contributed by atoms with Gasteiger partial charge in [0.1, 0.15) is 5.75 Å². The number of ether oxygens (including phenoxy) is 2. The number of hydrazine groups is 1. The summed E-state index contributed by atoms with van der Waals surface area (Å²) < 4.78 is 10.8. The van der Waals surface area contributed by atoms with Crippen LogP contribution in [0.15, 0.2) is 78.9 Å². The molecule has 0 aromatic heterocycles. The Bertz CT molecular complexity index is 1110. The van der Waals surface area contributed by atoms with Gasteiger partial charge in [-0.05, 0) is 23.3 Å². The molecule has 4 rings (SSSR count). The molecule has 0 spiro atoms. The number of para-hydroxylation sites is 1. The lowest BCUT2D eigenvalue weighted by atomic mass is 9.98. The number of benzene rings is 3. The highest BCUT2D eigenvalue weighted by Gasteiger charge is 2.31. The van der Waals surface area contributed by atoms with Crippen molar-refractivity contribution in [3.05, 3.63) is 90.0 Å². The first-order chi connectivity index (χ1) is 15.1. The van der Waals surface area contributed by atoms with Crippen LogP contribution in [0.5, 0.6) is 5.75 Å². The van der Waals surface area contributed by atoms with Crippen LogP contribution in [0.25, 0.3) is 11.1 Å². The molecule has 31 heavy (non-hydrogen) atoms. The van der Waals surface area contributed by atoms with E-state index in [0.717, 1.165) is 16.7 Å². The molecule has 1 heterocycles. The van der Waals surface area contributed by atoms with Crippen LogP contribution in [0.3, 0.4) is 0 Å². The first kappa shape index (κ1) is 20.2. The van der Waals surface area contributed by atoms with Crippen molar-refractivity contribution in [3.63, 3.8) is 0 Å². The van der Waals surface area contributed by atoms with Crippen molar-refractivity contribution < 1.29 is 23.9 Å². The maximum absolute atomic E-state index is 12.3. The lowest BCUT2D eigenvalue weighted by Gasteiger charge is -2.23. The summed E-state index contributed by atoms with van der Waals surface area (Å²) in [5.74, 6) is -1.16. The van der Waals surface area contributed by atoms with Gasteiger partial charge < -0.3 is 9.47 Å². The molecule has 0 saturated heterocycles. The summed E-state index contributed by atoms with van der Waals surface area (Å²) in [5.41, 5.74) is 7.58. The molecule has 1 atom stereocenters. The fourth-order valence-corrected chi connectivity index (χ4v) is 3.32. The van der Waals surface area contributed by atoms with Crippen LogP contribution in [0.2, 0.25) is 0 Å². The third kappa shape index (κ3) is 4.72. The molecule has 1 aliphatic heterocycles. The van der Waals surface area contributed by atoms with Gasteiger partial charge in [-0.1, -0.05) is 66.7 Å². The quantitative estimate of drug-likeness (QED) is 0.493. The third-order valence-electron chi connectivity index (χ3n) is 4.84. The maximum Gasteiger partial charge on any atom is 0.339 e. The second-order valence-corrected chi connectivity index (χ2v) is 6.94. The van der Waals surface area contributed by atoms with E-state index in [4.69, 9.17) is 9.47 Å². The zero-order valence-corrected chi connectivity index (χ0v) is 16.5. The Morgan fingerprint density at radius 2 is 1.55 bits per heavy atom. The van der Waals surface area contributed by atoms with E-state index in [9.17, 15) is 14.4 Å². The molecule has 156 valence electrons. The van der Waals surface area contributed by atoms with Crippen molar-refractivity contribution in [3.8, 4) is 16.9 Å². The van der Waals surface area contributed by atoms with Crippen LogP contribution in [0, 0.1) is 0 Å². The number of nitrogens with one attached hydrogen (secondary N) is 2. The topological polar surface area (TPSA) is 93.7 Å². The Morgan fingerprint density at radius 1 is 0.871 bits per heavy atom. The molecule has 0 fully saturated rings. The van der Waals surface area contributed by atoms with Gasteiger partial charge in [-0.15, -0.1) is 0 Å². The van der Waals surface area contributed by atoms with Crippen LogP contribution >= 0.6 is 0 Å². The molecule has 0 saturated carbocycles. The molecule has 0 bridgehead atoms. The van der Waals surface area contributed by atoms with Gasteiger partial charge in [0.05, 0.1) is 5.56 Å². The van der Waals surface area contributed by atoms with Crippen LogP contribution in [0.1, 0.15) is 15.9 Å². The number of cyclic esters (lactones) is 1. The Hall–Kier alpha value is -4.13. The molecular formula is C24H20N2O5. The second kappa shape index (κ2) is 9.13. The average Bonchev–Trinajstić information content (AvgIpc) is 2.82. The Balaban J connectivity index is 1.31. The lowest BCUT2D eigenvalue weighted by Crippen LogP contribution is -2.50. The number of hydrogen-bond donors (Lipinski definition) is 2. The maximum atomic E-state index is 12.3. The molecule has 1 unspecified atom stereocenters.